The second-order valence-corrected chi connectivity index (χ2v) is 23.0. The second kappa shape index (κ2) is 7.07. The van der Waals surface area contributed by atoms with E-state index >= 15 is 0 Å². The molecule has 1 aromatic carbocycles. The average Bonchev–Trinajstić information content (AvgIpc) is 2.32. The fraction of sp³-hybridized carbons (Fsp3) is 0.556. The van der Waals surface area contributed by atoms with Crippen molar-refractivity contribution in [2.45, 2.75) is 62.4 Å². The van der Waals surface area contributed by atoms with Gasteiger partial charge in [0.15, 0.2) is 9.84 Å². The minimum absolute atomic E-state index is 0.159. The van der Waals surface area contributed by atoms with Gasteiger partial charge in [-0.25, -0.2) is 8.42 Å². The quantitative estimate of drug-likeness (QED) is 0.516. The molecule has 1 unspecified atom stereocenters. The molecular weight excluding hydrogens is 336 g/mol. The van der Waals surface area contributed by atoms with E-state index in [1.807, 2.05) is 37.3 Å². The summed E-state index contributed by atoms with van der Waals surface area (Å²) in [6.45, 7) is 19.0. The minimum atomic E-state index is -3.25. The van der Waals surface area contributed by atoms with E-state index in [1.165, 1.54) is 0 Å². The highest BCUT2D eigenvalue weighted by Crippen LogP contribution is 2.32. The maximum absolute atomic E-state index is 13.6. The van der Waals surface area contributed by atoms with Gasteiger partial charge < -0.3 is 0 Å². The van der Waals surface area contributed by atoms with Crippen LogP contribution in [0.3, 0.4) is 0 Å². The van der Waals surface area contributed by atoms with Gasteiger partial charge in [0, 0.05) is 4.50 Å². The van der Waals surface area contributed by atoms with Crippen LogP contribution in [0.2, 0.25) is 39.3 Å². The molecule has 1 atom stereocenters. The van der Waals surface area contributed by atoms with E-state index in [-0.39, 0.29) is 4.50 Å². The zero-order valence-electron chi connectivity index (χ0n) is 15.7. The van der Waals surface area contributed by atoms with Crippen LogP contribution >= 0.6 is 0 Å². The maximum atomic E-state index is 13.6. The highest BCUT2D eigenvalue weighted by molar-refractivity contribution is 7.96. The van der Waals surface area contributed by atoms with E-state index < -0.39 is 31.2 Å². The largest absolute Gasteiger partial charge is 0.229 e. The third-order valence-corrected chi connectivity index (χ3v) is 20.7. The first-order chi connectivity index (χ1) is 10.3. The first kappa shape index (κ1) is 20.4. The standard InChI is InChI=1S/C18H32O2SSi2/c1-15(2)17(14-16-12-10-9-11-13-16)21(19,20)18(22(3,4)5)23(6,7)8/h9-13,17-18H,1,14H2,2-8H3. The van der Waals surface area contributed by atoms with Crippen LogP contribution in [0.4, 0.5) is 0 Å². The maximum Gasteiger partial charge on any atom is 0.155 e. The average molecular weight is 369 g/mol. The monoisotopic (exact) mass is 368 g/mol. The highest BCUT2D eigenvalue weighted by atomic mass is 32.2. The van der Waals surface area contributed by atoms with Crippen molar-refractivity contribution in [3.8, 4) is 0 Å². The van der Waals surface area contributed by atoms with Crippen LogP contribution in [-0.2, 0) is 16.3 Å². The molecule has 0 bridgehead atoms. The van der Waals surface area contributed by atoms with Gasteiger partial charge in [0.2, 0.25) is 0 Å². The SMILES string of the molecule is C=C(C)C(Cc1ccccc1)S(=O)(=O)C([Si](C)(C)C)[Si](C)(C)C. The van der Waals surface area contributed by atoms with Crippen molar-refractivity contribution < 1.29 is 8.42 Å². The Morgan fingerprint density at radius 2 is 1.43 bits per heavy atom. The van der Waals surface area contributed by atoms with Crippen molar-refractivity contribution >= 4 is 26.0 Å². The molecule has 1 rings (SSSR count). The van der Waals surface area contributed by atoms with Gasteiger partial charge in [-0.05, 0) is 18.9 Å². The Kier molecular flexibility index (Phi) is 6.27. The van der Waals surface area contributed by atoms with Crippen LogP contribution < -0.4 is 0 Å². The molecule has 0 heterocycles. The summed E-state index contributed by atoms with van der Waals surface area (Å²) in [6.07, 6.45) is 0.532. The molecular formula is C18H32O2SSi2. The molecule has 0 fully saturated rings. The summed E-state index contributed by atoms with van der Waals surface area (Å²) >= 11 is 0. The van der Waals surface area contributed by atoms with Crippen LogP contribution in [0.25, 0.3) is 0 Å². The summed E-state index contributed by atoms with van der Waals surface area (Å²) < 4.78 is 27.0. The van der Waals surface area contributed by atoms with Gasteiger partial charge in [0.25, 0.3) is 0 Å². The molecule has 0 aliphatic carbocycles. The lowest BCUT2D eigenvalue weighted by Crippen LogP contribution is -2.60. The van der Waals surface area contributed by atoms with Crippen LogP contribution in [0.1, 0.15) is 12.5 Å². The number of benzene rings is 1. The van der Waals surface area contributed by atoms with Crippen molar-refractivity contribution in [1.29, 1.82) is 0 Å². The summed E-state index contributed by atoms with van der Waals surface area (Å²) in [5, 5.41) is -0.478. The summed E-state index contributed by atoms with van der Waals surface area (Å²) in [5.41, 5.74) is 1.82. The smallest absolute Gasteiger partial charge is 0.155 e. The molecule has 0 aliphatic heterocycles. The molecule has 23 heavy (non-hydrogen) atoms. The first-order valence-corrected chi connectivity index (χ1v) is 17.0. The van der Waals surface area contributed by atoms with Crippen molar-refractivity contribution in [3.05, 3.63) is 48.0 Å². The fourth-order valence-electron chi connectivity index (χ4n) is 3.85. The van der Waals surface area contributed by atoms with Crippen molar-refractivity contribution in [2.24, 2.45) is 0 Å². The molecule has 0 aliphatic rings. The topological polar surface area (TPSA) is 34.1 Å². The molecule has 0 amide bonds. The Labute approximate surface area is 145 Å². The molecule has 0 saturated heterocycles. The summed E-state index contributed by atoms with van der Waals surface area (Å²) in [4.78, 5) is 0. The molecule has 0 saturated carbocycles. The normalized spacial score (nSPS) is 14.8. The van der Waals surface area contributed by atoms with E-state index in [2.05, 4.69) is 45.9 Å². The molecule has 5 heteroatoms. The number of hydrogen-bond donors (Lipinski definition) is 0. The number of sulfone groups is 1. The van der Waals surface area contributed by atoms with E-state index in [0.29, 0.717) is 6.42 Å². The molecule has 2 nitrogen and oxygen atoms in total. The van der Waals surface area contributed by atoms with Crippen molar-refractivity contribution in [2.75, 3.05) is 0 Å². The van der Waals surface area contributed by atoms with Gasteiger partial charge in [-0.3, -0.25) is 0 Å². The van der Waals surface area contributed by atoms with Crippen LogP contribution in [0.5, 0.6) is 0 Å². The highest BCUT2D eigenvalue weighted by Gasteiger charge is 2.49. The minimum Gasteiger partial charge on any atom is -0.229 e. The van der Waals surface area contributed by atoms with Gasteiger partial charge in [-0.1, -0.05) is 81.8 Å². The van der Waals surface area contributed by atoms with Gasteiger partial charge >= 0.3 is 0 Å². The zero-order valence-corrected chi connectivity index (χ0v) is 18.5. The van der Waals surface area contributed by atoms with Gasteiger partial charge in [-0.2, -0.15) is 0 Å². The first-order valence-electron chi connectivity index (χ1n) is 8.20. The van der Waals surface area contributed by atoms with Gasteiger partial charge in [0.1, 0.15) is 0 Å². The lowest BCUT2D eigenvalue weighted by Gasteiger charge is -2.40. The third kappa shape index (κ3) is 5.16. The predicted octanol–water partition coefficient (Wildman–Crippen LogP) is 4.71. The van der Waals surface area contributed by atoms with E-state index in [1.54, 1.807) is 0 Å². The Hall–Kier alpha value is -0.656. The van der Waals surface area contributed by atoms with Gasteiger partial charge in [-0.15, -0.1) is 0 Å². The van der Waals surface area contributed by atoms with E-state index in [0.717, 1.165) is 11.1 Å². The zero-order chi connectivity index (χ0) is 18.1. The molecule has 1 aromatic rings. The lowest BCUT2D eigenvalue weighted by atomic mass is 10.1. The van der Waals surface area contributed by atoms with Crippen molar-refractivity contribution in [3.63, 3.8) is 0 Å². The van der Waals surface area contributed by atoms with Gasteiger partial charge in [0.05, 0.1) is 21.4 Å². The molecule has 0 N–H and O–H groups in total. The Balaban J connectivity index is 3.36. The number of rotatable bonds is 7. The third-order valence-electron chi connectivity index (χ3n) is 4.11. The fourth-order valence-corrected chi connectivity index (χ4v) is 24.4. The Morgan fingerprint density at radius 1 is 1.00 bits per heavy atom. The van der Waals surface area contributed by atoms with E-state index in [9.17, 15) is 8.42 Å². The lowest BCUT2D eigenvalue weighted by molar-refractivity contribution is 0.586. The van der Waals surface area contributed by atoms with Crippen LogP contribution in [-0.4, -0.2) is 34.3 Å². The summed E-state index contributed by atoms with van der Waals surface area (Å²) in [7, 11) is -6.95. The summed E-state index contributed by atoms with van der Waals surface area (Å²) in [6, 6.07) is 9.89. The Morgan fingerprint density at radius 3 is 1.78 bits per heavy atom. The predicted molar refractivity (Wildman–Crippen MR) is 108 cm³/mol. The molecule has 0 aromatic heterocycles. The second-order valence-electron chi connectivity index (χ2n) is 8.73. The molecule has 0 radical (unpaired) electrons. The van der Waals surface area contributed by atoms with Crippen LogP contribution in [0.15, 0.2) is 42.5 Å². The summed E-state index contributed by atoms with van der Waals surface area (Å²) in [5.74, 6) is 0. The number of hydrogen-bond acceptors (Lipinski definition) is 2. The molecule has 0 spiro atoms. The van der Waals surface area contributed by atoms with Crippen molar-refractivity contribution in [1.82, 2.24) is 0 Å². The van der Waals surface area contributed by atoms with E-state index in [4.69, 9.17) is 0 Å². The van der Waals surface area contributed by atoms with Crippen LogP contribution in [0, 0.1) is 0 Å². The Bertz CT molecular complexity index is 624. The molecule has 130 valence electrons.